The van der Waals surface area contributed by atoms with Gasteiger partial charge in [0.2, 0.25) is 5.56 Å². The zero-order chi connectivity index (χ0) is 16.3. The van der Waals surface area contributed by atoms with Crippen molar-refractivity contribution in [3.05, 3.63) is 67.6 Å². The summed E-state index contributed by atoms with van der Waals surface area (Å²) in [5, 5.41) is 13.4. The molecule has 2 rings (SSSR count). The highest BCUT2D eigenvalue weighted by atomic mass is 35.5. The van der Waals surface area contributed by atoms with Gasteiger partial charge in [0.1, 0.15) is 0 Å². The number of aromatic amines is 1. The van der Waals surface area contributed by atoms with Crippen LogP contribution in [0.4, 0.5) is 0 Å². The Morgan fingerprint density at radius 1 is 1.36 bits per heavy atom. The van der Waals surface area contributed by atoms with Crippen LogP contribution in [0.2, 0.25) is 10.0 Å². The fraction of sp³-hybridized carbons (Fsp3) is 0.200. The molecule has 1 aromatic heterocycles. The third-order valence-electron chi connectivity index (χ3n) is 3.16. The Bertz CT molecular complexity index is 738. The van der Waals surface area contributed by atoms with Gasteiger partial charge >= 0.3 is 0 Å². The predicted octanol–water partition coefficient (Wildman–Crippen LogP) is 2.45. The van der Waals surface area contributed by atoms with Gasteiger partial charge in [0.25, 0.3) is 5.91 Å². The van der Waals surface area contributed by atoms with E-state index in [1.807, 2.05) is 0 Å². The first kappa shape index (κ1) is 16.5. The van der Waals surface area contributed by atoms with E-state index in [0.717, 1.165) is 0 Å². The quantitative estimate of drug-likeness (QED) is 0.799. The van der Waals surface area contributed by atoms with Crippen LogP contribution in [0, 0.1) is 6.92 Å². The van der Waals surface area contributed by atoms with Crippen LogP contribution in [-0.4, -0.2) is 22.5 Å². The first-order chi connectivity index (χ1) is 10.4. The number of benzene rings is 1. The highest BCUT2D eigenvalue weighted by Gasteiger charge is 2.17. The van der Waals surface area contributed by atoms with Gasteiger partial charge < -0.3 is 15.4 Å². The lowest BCUT2D eigenvalue weighted by Crippen LogP contribution is -2.29. The average molecular weight is 341 g/mol. The minimum Gasteiger partial charge on any atom is -0.386 e. The van der Waals surface area contributed by atoms with Gasteiger partial charge in [-0.25, -0.2) is 0 Å². The first-order valence-electron chi connectivity index (χ1n) is 6.49. The number of carbonyl (C=O) groups is 1. The Balaban J connectivity index is 2.09. The lowest BCUT2D eigenvalue weighted by Gasteiger charge is -2.15. The molecule has 0 bridgehead atoms. The average Bonchev–Trinajstić information content (AvgIpc) is 2.44. The molecule has 0 unspecified atom stereocenters. The number of amides is 1. The third kappa shape index (κ3) is 3.68. The summed E-state index contributed by atoms with van der Waals surface area (Å²) >= 11 is 12.0. The van der Waals surface area contributed by atoms with Crippen molar-refractivity contribution in [1.82, 2.24) is 10.3 Å². The maximum atomic E-state index is 12.1. The molecule has 1 amide bonds. The van der Waals surface area contributed by atoms with Crippen LogP contribution in [0.15, 0.2) is 35.3 Å². The molecule has 0 fully saturated rings. The summed E-state index contributed by atoms with van der Waals surface area (Å²) in [5.74, 6) is -0.407. The second kappa shape index (κ2) is 6.96. The van der Waals surface area contributed by atoms with Crippen LogP contribution in [0.1, 0.15) is 27.6 Å². The van der Waals surface area contributed by atoms with Gasteiger partial charge in [0, 0.05) is 34.4 Å². The Morgan fingerprint density at radius 3 is 2.59 bits per heavy atom. The molecule has 0 saturated heterocycles. The van der Waals surface area contributed by atoms with Gasteiger partial charge in [-0.2, -0.15) is 0 Å². The van der Waals surface area contributed by atoms with Crippen molar-refractivity contribution in [2.45, 2.75) is 13.0 Å². The summed E-state index contributed by atoms with van der Waals surface area (Å²) in [7, 11) is 0. The van der Waals surface area contributed by atoms with Crippen molar-refractivity contribution in [2.24, 2.45) is 0 Å². The van der Waals surface area contributed by atoms with Gasteiger partial charge in [-0.05, 0) is 24.6 Å². The summed E-state index contributed by atoms with van der Waals surface area (Å²) in [5.41, 5.74) is 0.963. The highest BCUT2D eigenvalue weighted by Crippen LogP contribution is 2.29. The normalized spacial score (nSPS) is 12.0. The number of nitrogens with one attached hydrogen (secondary N) is 2. The maximum absolute atomic E-state index is 12.1. The monoisotopic (exact) mass is 340 g/mol. The lowest BCUT2D eigenvalue weighted by molar-refractivity contribution is 0.0915. The molecule has 0 aliphatic heterocycles. The molecule has 116 valence electrons. The summed E-state index contributed by atoms with van der Waals surface area (Å²) in [6, 6.07) is 6.22. The molecule has 5 nitrogen and oxygen atoms in total. The molecule has 2 aromatic rings. The van der Waals surface area contributed by atoms with Gasteiger partial charge in [-0.1, -0.05) is 29.3 Å². The van der Waals surface area contributed by atoms with E-state index >= 15 is 0 Å². The van der Waals surface area contributed by atoms with Gasteiger partial charge in [-0.3, -0.25) is 9.59 Å². The van der Waals surface area contributed by atoms with E-state index in [2.05, 4.69) is 10.3 Å². The number of H-pyrrole nitrogens is 1. The molecule has 7 heteroatoms. The number of aliphatic hydroxyl groups is 1. The molecule has 1 heterocycles. The molecule has 1 aromatic carbocycles. The smallest absolute Gasteiger partial charge is 0.253 e. The zero-order valence-corrected chi connectivity index (χ0v) is 13.2. The SMILES string of the molecule is Cc1cc(=O)[nH]cc1C(=O)NC[C@@H](O)c1c(Cl)cccc1Cl. The van der Waals surface area contributed by atoms with Crippen LogP contribution < -0.4 is 10.9 Å². The van der Waals surface area contributed by atoms with Crippen LogP contribution in [0.3, 0.4) is 0 Å². The third-order valence-corrected chi connectivity index (χ3v) is 3.82. The summed E-state index contributed by atoms with van der Waals surface area (Å²) < 4.78 is 0. The van der Waals surface area contributed by atoms with Gasteiger partial charge in [-0.15, -0.1) is 0 Å². The number of hydrogen-bond acceptors (Lipinski definition) is 3. The molecule has 0 aliphatic carbocycles. The second-order valence-corrected chi connectivity index (χ2v) is 5.57. The topological polar surface area (TPSA) is 82.2 Å². The number of aromatic nitrogens is 1. The summed E-state index contributed by atoms with van der Waals surface area (Å²) in [6.45, 7) is 1.60. The fourth-order valence-corrected chi connectivity index (χ4v) is 2.68. The predicted molar refractivity (Wildman–Crippen MR) is 85.6 cm³/mol. The van der Waals surface area contributed by atoms with E-state index in [-0.39, 0.29) is 12.1 Å². The second-order valence-electron chi connectivity index (χ2n) is 4.76. The van der Waals surface area contributed by atoms with Crippen molar-refractivity contribution in [3.8, 4) is 0 Å². The van der Waals surface area contributed by atoms with E-state index in [0.29, 0.717) is 26.7 Å². The Kier molecular flexibility index (Phi) is 5.24. The molecular formula is C15H14Cl2N2O3. The number of hydrogen-bond donors (Lipinski definition) is 3. The van der Waals surface area contributed by atoms with E-state index in [4.69, 9.17) is 23.2 Å². The molecule has 0 aliphatic rings. The van der Waals surface area contributed by atoms with Gasteiger partial charge in [0.15, 0.2) is 0 Å². The molecule has 1 atom stereocenters. The number of halogens is 2. The van der Waals surface area contributed by atoms with Crippen LogP contribution >= 0.6 is 23.2 Å². The summed E-state index contributed by atoms with van der Waals surface area (Å²) in [6.07, 6.45) is 0.301. The fourth-order valence-electron chi connectivity index (χ4n) is 2.03. The van der Waals surface area contributed by atoms with Crippen LogP contribution in [-0.2, 0) is 0 Å². The molecule has 0 spiro atoms. The Hall–Kier alpha value is -1.82. The largest absolute Gasteiger partial charge is 0.386 e. The number of aryl methyl sites for hydroxylation is 1. The minimum absolute atomic E-state index is 0.0547. The Labute approximate surface area is 136 Å². The van der Waals surface area contributed by atoms with Crippen molar-refractivity contribution >= 4 is 29.1 Å². The van der Waals surface area contributed by atoms with Crippen molar-refractivity contribution in [1.29, 1.82) is 0 Å². The minimum atomic E-state index is -1.03. The highest BCUT2D eigenvalue weighted by molar-refractivity contribution is 6.36. The molecule has 0 radical (unpaired) electrons. The molecular weight excluding hydrogens is 327 g/mol. The number of carbonyl (C=O) groups excluding carboxylic acids is 1. The standard InChI is InChI=1S/C15H14Cl2N2O3/c1-8-5-13(21)18-6-9(8)15(22)19-7-12(20)14-10(16)3-2-4-11(14)17/h2-6,12,20H,7H2,1H3,(H,18,21)(H,19,22)/t12-/m1/s1. The van der Waals surface area contributed by atoms with E-state index in [9.17, 15) is 14.7 Å². The summed E-state index contributed by atoms with van der Waals surface area (Å²) in [4.78, 5) is 25.6. The van der Waals surface area contributed by atoms with E-state index in [1.54, 1.807) is 25.1 Å². The zero-order valence-electron chi connectivity index (χ0n) is 11.7. The van der Waals surface area contributed by atoms with Gasteiger partial charge in [0.05, 0.1) is 11.7 Å². The van der Waals surface area contributed by atoms with E-state index in [1.165, 1.54) is 12.3 Å². The maximum Gasteiger partial charge on any atom is 0.253 e. The first-order valence-corrected chi connectivity index (χ1v) is 7.25. The lowest BCUT2D eigenvalue weighted by atomic mass is 10.1. The van der Waals surface area contributed by atoms with Crippen LogP contribution in [0.5, 0.6) is 0 Å². The number of aliphatic hydroxyl groups excluding tert-OH is 1. The van der Waals surface area contributed by atoms with Crippen molar-refractivity contribution in [2.75, 3.05) is 6.54 Å². The number of rotatable bonds is 4. The van der Waals surface area contributed by atoms with E-state index < -0.39 is 12.0 Å². The Morgan fingerprint density at radius 2 is 2.00 bits per heavy atom. The number of pyridine rings is 1. The molecule has 22 heavy (non-hydrogen) atoms. The van der Waals surface area contributed by atoms with Crippen molar-refractivity contribution in [3.63, 3.8) is 0 Å². The molecule has 0 saturated carbocycles. The van der Waals surface area contributed by atoms with Crippen LogP contribution in [0.25, 0.3) is 0 Å². The molecule has 3 N–H and O–H groups in total. The van der Waals surface area contributed by atoms with Crippen molar-refractivity contribution < 1.29 is 9.90 Å².